The summed E-state index contributed by atoms with van der Waals surface area (Å²) in [6.45, 7) is 11.2. The minimum absolute atomic E-state index is 0.00727. The van der Waals surface area contributed by atoms with E-state index in [-0.39, 0.29) is 49.0 Å². The van der Waals surface area contributed by atoms with Gasteiger partial charge in [-0.05, 0) is 50.0 Å². The number of epoxide rings is 1. The normalized spacial score (nSPS) is 17.0. The maximum atomic E-state index is 13.8. The van der Waals surface area contributed by atoms with Crippen LogP contribution in [0.3, 0.4) is 0 Å². The zero-order valence-corrected chi connectivity index (χ0v) is 29.8. The molecular weight excluding hydrogens is 646 g/mol. The molecule has 0 spiro atoms. The lowest BCUT2D eigenvalue weighted by Gasteiger charge is -2.27. The third-order valence-corrected chi connectivity index (χ3v) is 8.03. The van der Waals surface area contributed by atoms with Gasteiger partial charge in [0.2, 0.25) is 23.6 Å². The van der Waals surface area contributed by atoms with Crippen LogP contribution in [0.15, 0.2) is 40.9 Å². The SMILES string of the molecule is CCCC(=O)Oc1cc(CC(=O)NCC(=O)NC(CC(C)C)C(=O)NC(Cc2ccccc2)C(=O)NC(CCC(C)C)C(=O)C2(C)CO2)no1. The molecule has 4 N–H and O–H groups in total. The van der Waals surface area contributed by atoms with Crippen LogP contribution >= 0.6 is 0 Å². The first-order valence-electron chi connectivity index (χ1n) is 17.2. The van der Waals surface area contributed by atoms with E-state index in [1.165, 1.54) is 6.07 Å². The Labute approximate surface area is 293 Å². The molecule has 4 amide bonds. The number of ketones is 1. The summed E-state index contributed by atoms with van der Waals surface area (Å²) in [5.74, 6) is -2.79. The van der Waals surface area contributed by atoms with Gasteiger partial charge in [-0.25, -0.2) is 0 Å². The maximum absolute atomic E-state index is 13.8. The van der Waals surface area contributed by atoms with Crippen molar-refractivity contribution in [2.75, 3.05) is 13.2 Å². The van der Waals surface area contributed by atoms with Crippen LogP contribution in [0.1, 0.15) is 84.9 Å². The Kier molecular flexibility index (Phi) is 15.1. The molecule has 0 bridgehead atoms. The quantitative estimate of drug-likeness (QED) is 0.111. The van der Waals surface area contributed by atoms with Gasteiger partial charge < -0.3 is 35.3 Å². The summed E-state index contributed by atoms with van der Waals surface area (Å²) in [5, 5.41) is 14.6. The minimum atomic E-state index is -1.05. The average Bonchev–Trinajstić information content (AvgIpc) is 3.67. The molecule has 1 aromatic heterocycles. The van der Waals surface area contributed by atoms with Crippen molar-refractivity contribution < 1.29 is 42.8 Å². The van der Waals surface area contributed by atoms with Crippen molar-refractivity contribution >= 4 is 35.4 Å². The van der Waals surface area contributed by atoms with Gasteiger partial charge in [0.25, 0.3) is 0 Å². The van der Waals surface area contributed by atoms with Crippen LogP contribution in [0.25, 0.3) is 0 Å². The third kappa shape index (κ3) is 13.4. The number of ether oxygens (including phenoxy) is 2. The van der Waals surface area contributed by atoms with Crippen LogP contribution in [-0.4, -0.2) is 77.4 Å². The van der Waals surface area contributed by atoms with Gasteiger partial charge in [0.05, 0.1) is 31.3 Å². The Balaban J connectivity index is 1.65. The number of rotatable bonds is 21. The van der Waals surface area contributed by atoms with Crippen LogP contribution in [0.4, 0.5) is 0 Å². The number of esters is 1. The lowest BCUT2D eigenvalue weighted by molar-refractivity contribution is -0.136. The second-order valence-electron chi connectivity index (χ2n) is 13.7. The van der Waals surface area contributed by atoms with E-state index in [1.54, 1.807) is 6.92 Å². The van der Waals surface area contributed by atoms with Crippen LogP contribution in [0.5, 0.6) is 5.95 Å². The van der Waals surface area contributed by atoms with Crippen molar-refractivity contribution in [3.8, 4) is 5.95 Å². The van der Waals surface area contributed by atoms with E-state index in [9.17, 15) is 28.8 Å². The van der Waals surface area contributed by atoms with Gasteiger partial charge in [-0.3, -0.25) is 28.8 Å². The van der Waals surface area contributed by atoms with Crippen molar-refractivity contribution in [2.24, 2.45) is 11.8 Å². The molecule has 1 fully saturated rings. The Bertz CT molecular complexity index is 1470. The molecule has 1 aliphatic rings. The van der Waals surface area contributed by atoms with E-state index in [4.69, 9.17) is 14.0 Å². The summed E-state index contributed by atoms with van der Waals surface area (Å²) < 4.78 is 15.3. The highest BCUT2D eigenvalue weighted by molar-refractivity contribution is 5.98. The molecule has 0 aliphatic carbocycles. The van der Waals surface area contributed by atoms with Crippen molar-refractivity contribution in [3.05, 3.63) is 47.7 Å². The van der Waals surface area contributed by atoms with E-state index in [0.29, 0.717) is 31.8 Å². The lowest BCUT2D eigenvalue weighted by atomic mass is 9.93. The number of hydrogen-bond donors (Lipinski definition) is 4. The van der Waals surface area contributed by atoms with Gasteiger partial charge in [0.15, 0.2) is 5.78 Å². The van der Waals surface area contributed by atoms with E-state index >= 15 is 0 Å². The van der Waals surface area contributed by atoms with Crippen LogP contribution in [-0.2, 0) is 46.3 Å². The summed E-state index contributed by atoms with van der Waals surface area (Å²) >= 11 is 0. The van der Waals surface area contributed by atoms with Gasteiger partial charge in [-0.1, -0.05) is 70.1 Å². The van der Waals surface area contributed by atoms with Crippen LogP contribution in [0, 0.1) is 11.8 Å². The molecular formula is C36H51N5O9. The predicted molar refractivity (Wildman–Crippen MR) is 183 cm³/mol. The topological polar surface area (TPSA) is 198 Å². The average molecular weight is 698 g/mol. The first kappa shape index (κ1) is 39.8. The van der Waals surface area contributed by atoms with Gasteiger partial charge >= 0.3 is 11.9 Å². The summed E-state index contributed by atoms with van der Waals surface area (Å²) in [7, 11) is 0. The van der Waals surface area contributed by atoms with Gasteiger partial charge in [0, 0.05) is 18.9 Å². The largest absolute Gasteiger partial charge is 0.391 e. The molecule has 1 aliphatic heterocycles. The molecule has 4 unspecified atom stereocenters. The number of hydrogen-bond acceptors (Lipinski definition) is 10. The number of aromatic nitrogens is 1. The minimum Gasteiger partial charge on any atom is -0.391 e. The molecule has 1 saturated heterocycles. The first-order chi connectivity index (χ1) is 23.7. The highest BCUT2D eigenvalue weighted by Gasteiger charge is 2.50. The van der Waals surface area contributed by atoms with E-state index in [2.05, 4.69) is 26.4 Å². The second kappa shape index (κ2) is 19.0. The zero-order chi connectivity index (χ0) is 36.8. The van der Waals surface area contributed by atoms with Crippen LogP contribution in [0.2, 0.25) is 0 Å². The number of carbonyl (C=O) groups excluding carboxylic acids is 6. The zero-order valence-electron chi connectivity index (χ0n) is 29.8. The fourth-order valence-electron chi connectivity index (χ4n) is 5.14. The molecule has 4 atom stereocenters. The first-order valence-corrected chi connectivity index (χ1v) is 17.2. The van der Waals surface area contributed by atoms with Crippen molar-refractivity contribution in [1.82, 2.24) is 26.4 Å². The standard InChI is InChI=1S/C36H51N5O9/c1-7-11-31(44)49-32-19-25(41-50-32)18-29(42)37-20-30(43)38-27(16-23(4)5)34(46)40-28(17-24-12-9-8-10-13-24)35(47)39-26(15-14-22(2)3)33(45)36(6)21-48-36/h8-10,12-13,19,22-23,26-28H,7,11,14-18,20-21H2,1-6H3,(H,37,42)(H,38,43)(H,39,47)(H,40,46). The lowest BCUT2D eigenvalue weighted by Crippen LogP contribution is -2.58. The van der Waals surface area contributed by atoms with Crippen molar-refractivity contribution in [1.29, 1.82) is 0 Å². The van der Waals surface area contributed by atoms with E-state index in [0.717, 1.165) is 5.56 Å². The molecule has 3 rings (SSSR count). The highest BCUT2D eigenvalue weighted by atomic mass is 16.6. The number of nitrogens with zero attached hydrogens (tertiary/aromatic N) is 1. The van der Waals surface area contributed by atoms with Crippen LogP contribution < -0.4 is 26.0 Å². The third-order valence-electron chi connectivity index (χ3n) is 8.03. The fraction of sp³-hybridized carbons (Fsp3) is 0.583. The molecule has 0 radical (unpaired) electrons. The Morgan fingerprint density at radius 2 is 1.54 bits per heavy atom. The Morgan fingerprint density at radius 3 is 2.16 bits per heavy atom. The van der Waals surface area contributed by atoms with E-state index < -0.39 is 59.9 Å². The number of benzene rings is 1. The highest BCUT2D eigenvalue weighted by Crippen LogP contribution is 2.29. The molecule has 0 saturated carbocycles. The number of nitrogens with one attached hydrogen (secondary N) is 4. The summed E-state index contributed by atoms with van der Waals surface area (Å²) in [4.78, 5) is 77.8. The molecule has 14 heteroatoms. The van der Waals surface area contributed by atoms with Crippen molar-refractivity contribution in [3.63, 3.8) is 0 Å². The Hall–Kier alpha value is -4.59. The van der Waals surface area contributed by atoms with Crippen molar-refractivity contribution in [2.45, 2.75) is 110 Å². The molecule has 2 aromatic rings. The fourth-order valence-corrected chi connectivity index (χ4v) is 5.14. The van der Waals surface area contributed by atoms with E-state index in [1.807, 2.05) is 65.0 Å². The molecule has 2 heterocycles. The molecule has 1 aromatic carbocycles. The summed E-state index contributed by atoms with van der Waals surface area (Å²) in [6.07, 6.45) is 2.11. The van der Waals surface area contributed by atoms with Gasteiger partial charge in [-0.2, -0.15) is 0 Å². The summed E-state index contributed by atoms with van der Waals surface area (Å²) in [5.41, 5.74) is 0.0610. The number of amides is 4. The van der Waals surface area contributed by atoms with Gasteiger partial charge in [0.1, 0.15) is 17.7 Å². The molecule has 274 valence electrons. The smallest absolute Gasteiger partial charge is 0.319 e. The maximum Gasteiger partial charge on any atom is 0.319 e. The molecule has 14 nitrogen and oxygen atoms in total. The molecule has 50 heavy (non-hydrogen) atoms. The van der Waals surface area contributed by atoms with Gasteiger partial charge in [-0.15, -0.1) is 0 Å². The number of carbonyl (C=O) groups is 6. The Morgan fingerprint density at radius 1 is 0.880 bits per heavy atom. The predicted octanol–water partition coefficient (Wildman–Crippen LogP) is 2.58. The second-order valence-corrected chi connectivity index (χ2v) is 13.7. The summed E-state index contributed by atoms with van der Waals surface area (Å²) in [6, 6.07) is 7.63. The number of Topliss-reactive ketones (excluding diaryl/α,β-unsaturated/α-hetero) is 1. The monoisotopic (exact) mass is 697 g/mol.